The van der Waals surface area contributed by atoms with E-state index in [1.165, 1.54) is 11.1 Å². The third kappa shape index (κ3) is 4.66. The molecular weight excluding hydrogens is 498 g/mol. The minimum absolute atomic E-state index is 0.107. The highest BCUT2D eigenvalue weighted by Crippen LogP contribution is 2.57. The number of nitrogens with zero attached hydrogens (tertiary/aromatic N) is 2. The van der Waals surface area contributed by atoms with Gasteiger partial charge in [-0.05, 0) is 84.8 Å². The van der Waals surface area contributed by atoms with Gasteiger partial charge in [0.2, 0.25) is 0 Å². The third-order valence-corrected chi connectivity index (χ3v) is 7.77. The Balaban J connectivity index is 1.26. The highest BCUT2D eigenvalue weighted by Gasteiger charge is 2.41. The van der Waals surface area contributed by atoms with Crippen molar-refractivity contribution in [3.63, 3.8) is 0 Å². The van der Waals surface area contributed by atoms with Crippen molar-refractivity contribution >= 4 is 39.4 Å². The maximum atomic E-state index is 9.42. The number of ether oxygens (including phenoxy) is 2. The molecule has 2 atom stereocenters. The number of hydrogen-bond donors (Lipinski definition) is 4. The van der Waals surface area contributed by atoms with Gasteiger partial charge in [0.1, 0.15) is 23.2 Å². The van der Waals surface area contributed by atoms with Crippen molar-refractivity contribution in [2.24, 2.45) is 0 Å². The summed E-state index contributed by atoms with van der Waals surface area (Å²) < 4.78 is 11.3. The molecule has 0 spiro atoms. The molecule has 0 unspecified atom stereocenters. The zero-order chi connectivity index (χ0) is 26.1. The van der Waals surface area contributed by atoms with Gasteiger partial charge in [-0.2, -0.15) is 5.10 Å². The van der Waals surface area contributed by atoms with Gasteiger partial charge in [0.15, 0.2) is 5.82 Å². The number of aliphatic hydroxyl groups is 1. The zero-order valence-electron chi connectivity index (χ0n) is 21.2. The summed E-state index contributed by atoms with van der Waals surface area (Å²) in [5, 5.41) is 27.7. The molecule has 0 amide bonds. The van der Waals surface area contributed by atoms with E-state index in [0.717, 1.165) is 56.6 Å². The van der Waals surface area contributed by atoms with E-state index in [0.29, 0.717) is 18.4 Å². The van der Waals surface area contributed by atoms with E-state index >= 15 is 0 Å². The van der Waals surface area contributed by atoms with Gasteiger partial charge in [0.25, 0.3) is 0 Å². The number of anilines is 3. The molecule has 1 aliphatic rings. The first-order valence-corrected chi connectivity index (χ1v) is 13.5. The molecule has 6 rings (SSSR count). The molecule has 1 aliphatic carbocycles. The van der Waals surface area contributed by atoms with Crippen LogP contribution in [0.4, 0.5) is 17.2 Å². The smallest absolute Gasteiger partial charge is 0.160 e. The molecule has 0 aliphatic heterocycles. The van der Waals surface area contributed by atoms with Gasteiger partial charge in [0, 0.05) is 28.2 Å². The van der Waals surface area contributed by atoms with Crippen molar-refractivity contribution in [3.05, 3.63) is 77.3 Å². The molecule has 0 saturated heterocycles. The van der Waals surface area contributed by atoms with Crippen LogP contribution in [0.25, 0.3) is 21.5 Å². The van der Waals surface area contributed by atoms with Gasteiger partial charge in [-0.15, -0.1) is 11.3 Å². The van der Waals surface area contributed by atoms with Crippen molar-refractivity contribution in [2.75, 3.05) is 31.1 Å². The number of aliphatic hydroxyl groups excluding tert-OH is 1. The first kappa shape index (κ1) is 24.3. The SMILES string of the molecule is CCOc1ccc(-c2nccs2)cc1Nc1n[nH]c2cc([C@@H]3C[C@@H]3c3cc(OC)ccc3NCO)ccc12. The van der Waals surface area contributed by atoms with Crippen LogP contribution in [0.15, 0.2) is 66.2 Å². The van der Waals surface area contributed by atoms with Crippen molar-refractivity contribution in [2.45, 2.75) is 25.2 Å². The molecule has 1 saturated carbocycles. The summed E-state index contributed by atoms with van der Waals surface area (Å²) in [4.78, 5) is 4.44. The minimum Gasteiger partial charge on any atom is -0.497 e. The van der Waals surface area contributed by atoms with Gasteiger partial charge < -0.3 is 25.2 Å². The van der Waals surface area contributed by atoms with Crippen LogP contribution in [0.5, 0.6) is 11.5 Å². The number of thiazole rings is 1. The Labute approximate surface area is 224 Å². The summed E-state index contributed by atoms with van der Waals surface area (Å²) in [5.74, 6) is 3.09. The lowest BCUT2D eigenvalue weighted by Crippen LogP contribution is -2.03. The van der Waals surface area contributed by atoms with Crippen LogP contribution in [0, 0.1) is 0 Å². The van der Waals surface area contributed by atoms with Gasteiger partial charge in [0.05, 0.1) is 24.9 Å². The molecule has 1 fully saturated rings. The molecular formula is C29H29N5O3S. The van der Waals surface area contributed by atoms with E-state index in [9.17, 15) is 5.11 Å². The van der Waals surface area contributed by atoms with E-state index in [4.69, 9.17) is 9.47 Å². The molecule has 3 aromatic carbocycles. The Bertz CT molecular complexity index is 1570. The van der Waals surface area contributed by atoms with Crippen molar-refractivity contribution in [1.82, 2.24) is 15.2 Å². The molecule has 5 aromatic rings. The minimum atomic E-state index is -0.107. The van der Waals surface area contributed by atoms with Crippen LogP contribution in [0.2, 0.25) is 0 Å². The Kier molecular flexibility index (Phi) is 6.61. The molecule has 2 aromatic heterocycles. The number of nitrogens with one attached hydrogen (secondary N) is 3. The fourth-order valence-electron chi connectivity index (χ4n) is 5.03. The lowest BCUT2D eigenvalue weighted by Gasteiger charge is -2.13. The summed E-state index contributed by atoms with van der Waals surface area (Å²) in [6.07, 6.45) is 2.85. The van der Waals surface area contributed by atoms with Crippen molar-refractivity contribution in [3.8, 4) is 22.1 Å². The normalized spacial score (nSPS) is 16.4. The first-order chi connectivity index (χ1) is 18.7. The van der Waals surface area contributed by atoms with Crippen molar-refractivity contribution in [1.29, 1.82) is 0 Å². The number of benzene rings is 3. The summed E-state index contributed by atoms with van der Waals surface area (Å²) >= 11 is 1.60. The van der Waals surface area contributed by atoms with Crippen molar-refractivity contribution < 1.29 is 14.6 Å². The molecule has 8 nitrogen and oxygen atoms in total. The van der Waals surface area contributed by atoms with Crippen LogP contribution in [0.1, 0.15) is 36.3 Å². The summed E-state index contributed by atoms with van der Waals surface area (Å²) in [6.45, 7) is 2.44. The number of hydrogen-bond acceptors (Lipinski definition) is 8. The zero-order valence-corrected chi connectivity index (χ0v) is 22.0. The second-order valence-electron chi connectivity index (χ2n) is 9.22. The quantitative estimate of drug-likeness (QED) is 0.154. The fourth-order valence-corrected chi connectivity index (χ4v) is 5.66. The topological polar surface area (TPSA) is 104 Å². The van der Waals surface area contributed by atoms with E-state index in [2.05, 4.69) is 56.1 Å². The number of methoxy groups -OCH3 is 1. The fraction of sp³-hybridized carbons (Fsp3) is 0.241. The Hall–Kier alpha value is -4.08. The average Bonchev–Trinajstić information content (AvgIpc) is 3.34. The van der Waals surface area contributed by atoms with E-state index in [1.54, 1.807) is 18.4 Å². The van der Waals surface area contributed by atoms with Gasteiger partial charge in [-0.3, -0.25) is 5.10 Å². The second kappa shape index (κ2) is 10.4. The predicted molar refractivity (Wildman–Crippen MR) is 152 cm³/mol. The van der Waals surface area contributed by atoms with Gasteiger partial charge in [-0.25, -0.2) is 4.98 Å². The maximum absolute atomic E-state index is 9.42. The van der Waals surface area contributed by atoms with Gasteiger partial charge >= 0.3 is 0 Å². The van der Waals surface area contributed by atoms with E-state index in [1.807, 2.05) is 42.8 Å². The van der Waals surface area contributed by atoms with Crippen LogP contribution < -0.4 is 20.1 Å². The lowest BCUT2D eigenvalue weighted by molar-refractivity contribution is 0.325. The van der Waals surface area contributed by atoms with E-state index < -0.39 is 0 Å². The number of aromatic nitrogens is 3. The lowest BCUT2D eigenvalue weighted by atomic mass is 10.0. The Morgan fingerprint density at radius 1 is 1.08 bits per heavy atom. The number of rotatable bonds is 10. The predicted octanol–water partition coefficient (Wildman–Crippen LogP) is 6.47. The summed E-state index contributed by atoms with van der Waals surface area (Å²) in [5.41, 5.74) is 6.22. The van der Waals surface area contributed by atoms with Gasteiger partial charge in [-0.1, -0.05) is 6.07 Å². The molecule has 4 N–H and O–H groups in total. The first-order valence-electron chi connectivity index (χ1n) is 12.6. The van der Waals surface area contributed by atoms with Crippen LogP contribution >= 0.6 is 11.3 Å². The number of fused-ring (bicyclic) bond motifs is 1. The van der Waals surface area contributed by atoms with Crippen LogP contribution in [0.3, 0.4) is 0 Å². The maximum Gasteiger partial charge on any atom is 0.160 e. The monoisotopic (exact) mass is 527 g/mol. The molecule has 2 heterocycles. The summed E-state index contributed by atoms with van der Waals surface area (Å²) in [6, 6.07) is 18.5. The molecule has 9 heteroatoms. The summed E-state index contributed by atoms with van der Waals surface area (Å²) in [7, 11) is 1.67. The average molecular weight is 528 g/mol. The van der Waals surface area contributed by atoms with Crippen LogP contribution in [-0.4, -0.2) is 40.7 Å². The Morgan fingerprint density at radius 2 is 2.00 bits per heavy atom. The number of H-pyrrole nitrogens is 1. The molecule has 38 heavy (non-hydrogen) atoms. The standard InChI is InChI=1S/C29H29N5O3S/c1-3-37-27-9-5-18(29-30-10-11-38-29)13-26(27)32-28-20-7-4-17(12-25(20)33-34-28)21-15-22(21)23-14-19(36-2)6-8-24(23)31-16-35/h4-14,21-22,31,35H,3,15-16H2,1-2H3,(H2,32,33,34)/t21-,22-/m0/s1. The highest BCUT2D eigenvalue weighted by molar-refractivity contribution is 7.13. The van der Waals surface area contributed by atoms with Crippen LogP contribution in [-0.2, 0) is 0 Å². The largest absolute Gasteiger partial charge is 0.497 e. The Morgan fingerprint density at radius 3 is 2.79 bits per heavy atom. The molecule has 0 radical (unpaired) electrons. The number of aromatic amines is 1. The highest BCUT2D eigenvalue weighted by atomic mass is 32.1. The third-order valence-electron chi connectivity index (χ3n) is 6.94. The second-order valence-corrected chi connectivity index (χ2v) is 10.1. The molecule has 0 bridgehead atoms. The van der Waals surface area contributed by atoms with E-state index in [-0.39, 0.29) is 6.73 Å². The molecule has 194 valence electrons.